The number of Topliss-reactive ketones (excluding diaryl/α,β-unsaturated/α-hetero) is 1. The summed E-state index contributed by atoms with van der Waals surface area (Å²) in [6.45, 7) is 11.6. The molecule has 0 radical (unpaired) electrons. The van der Waals surface area contributed by atoms with E-state index in [-0.39, 0.29) is 23.9 Å². The molecule has 0 aliphatic heterocycles. The number of carbonyl (C=O) groups is 3. The van der Waals surface area contributed by atoms with Crippen LogP contribution in [0, 0.1) is 0 Å². The standard InChI is InChI=1S/C28H38FN3O5/c1-8-11-22(34)31-24(21(33)16-29)23(26(36)37-28(5,6)7)19-14-15-30-32(25(19)35)17-18-12-9-10-13-20(18)27(2,3)4/h9-10,12-15,23-24H,8,11,16-17H2,1-7H3,(H,31,34). The lowest BCUT2D eigenvalue weighted by molar-refractivity contribution is -0.158. The number of hydrogen-bond acceptors (Lipinski definition) is 6. The van der Waals surface area contributed by atoms with E-state index in [4.69, 9.17) is 4.74 Å². The molecule has 2 unspecified atom stereocenters. The van der Waals surface area contributed by atoms with Crippen molar-refractivity contribution in [1.82, 2.24) is 15.1 Å². The van der Waals surface area contributed by atoms with Gasteiger partial charge in [-0.05, 0) is 49.8 Å². The van der Waals surface area contributed by atoms with E-state index in [1.54, 1.807) is 27.7 Å². The molecular weight excluding hydrogens is 477 g/mol. The average Bonchev–Trinajstić information content (AvgIpc) is 2.79. The molecule has 0 saturated carbocycles. The Morgan fingerprint density at radius 3 is 2.30 bits per heavy atom. The van der Waals surface area contributed by atoms with E-state index in [1.165, 1.54) is 16.9 Å². The Hall–Kier alpha value is -3.36. The molecular formula is C28H38FN3O5. The summed E-state index contributed by atoms with van der Waals surface area (Å²) in [4.78, 5) is 52.1. The number of ether oxygens (including phenoxy) is 1. The van der Waals surface area contributed by atoms with Crippen LogP contribution < -0.4 is 10.9 Å². The summed E-state index contributed by atoms with van der Waals surface area (Å²) in [7, 11) is 0. The summed E-state index contributed by atoms with van der Waals surface area (Å²) in [5, 5.41) is 6.66. The smallest absolute Gasteiger partial charge is 0.316 e. The van der Waals surface area contributed by atoms with E-state index in [9.17, 15) is 23.6 Å². The molecule has 0 bridgehead atoms. The summed E-state index contributed by atoms with van der Waals surface area (Å²) in [6, 6.07) is 7.36. The van der Waals surface area contributed by atoms with Crippen molar-refractivity contribution in [1.29, 1.82) is 0 Å². The Labute approximate surface area is 217 Å². The van der Waals surface area contributed by atoms with Gasteiger partial charge in [-0.25, -0.2) is 9.07 Å². The van der Waals surface area contributed by atoms with Crippen LogP contribution in [0.2, 0.25) is 0 Å². The summed E-state index contributed by atoms with van der Waals surface area (Å²) in [5.74, 6) is -4.03. The van der Waals surface area contributed by atoms with Crippen molar-refractivity contribution < 1.29 is 23.5 Å². The van der Waals surface area contributed by atoms with Crippen LogP contribution in [0.4, 0.5) is 4.39 Å². The van der Waals surface area contributed by atoms with Gasteiger partial charge in [0, 0.05) is 18.2 Å². The Balaban J connectivity index is 2.65. The fourth-order valence-corrected chi connectivity index (χ4v) is 4.08. The van der Waals surface area contributed by atoms with Gasteiger partial charge in [0.2, 0.25) is 5.91 Å². The van der Waals surface area contributed by atoms with Gasteiger partial charge < -0.3 is 10.1 Å². The van der Waals surface area contributed by atoms with Crippen molar-refractivity contribution in [3.05, 3.63) is 63.6 Å². The van der Waals surface area contributed by atoms with E-state index in [1.807, 2.05) is 24.3 Å². The molecule has 0 saturated heterocycles. The van der Waals surface area contributed by atoms with E-state index in [0.29, 0.717) is 6.42 Å². The van der Waals surface area contributed by atoms with Crippen LogP contribution in [0.5, 0.6) is 0 Å². The first kappa shape index (κ1) is 29.9. The quantitative estimate of drug-likeness (QED) is 0.482. The van der Waals surface area contributed by atoms with E-state index < -0.39 is 47.5 Å². The minimum atomic E-state index is -1.61. The monoisotopic (exact) mass is 515 g/mol. The highest BCUT2D eigenvalue weighted by Gasteiger charge is 2.40. The summed E-state index contributed by atoms with van der Waals surface area (Å²) >= 11 is 0. The predicted molar refractivity (Wildman–Crippen MR) is 139 cm³/mol. The molecule has 202 valence electrons. The number of alkyl halides is 1. The SMILES string of the molecule is CCCC(=O)NC(C(=O)CF)C(C(=O)OC(C)(C)C)c1ccnn(Cc2ccccc2C(C)(C)C)c1=O. The third-order valence-electron chi connectivity index (χ3n) is 5.69. The molecule has 1 aromatic heterocycles. The normalized spacial score (nSPS) is 13.5. The van der Waals surface area contributed by atoms with Gasteiger partial charge in [-0.3, -0.25) is 19.2 Å². The average molecular weight is 516 g/mol. The molecule has 0 aliphatic rings. The zero-order chi connectivity index (χ0) is 28.0. The number of aromatic nitrogens is 2. The van der Waals surface area contributed by atoms with Gasteiger partial charge in [0.15, 0.2) is 5.78 Å². The van der Waals surface area contributed by atoms with Gasteiger partial charge in [0.1, 0.15) is 24.2 Å². The lowest BCUT2D eigenvalue weighted by Gasteiger charge is -2.29. The van der Waals surface area contributed by atoms with Crippen molar-refractivity contribution in [3.63, 3.8) is 0 Å². The minimum absolute atomic E-state index is 0.0707. The molecule has 0 spiro atoms. The maximum absolute atomic E-state index is 13.6. The lowest BCUT2D eigenvalue weighted by Crippen LogP contribution is -2.50. The van der Waals surface area contributed by atoms with Crippen LogP contribution >= 0.6 is 0 Å². The zero-order valence-electron chi connectivity index (χ0n) is 22.8. The van der Waals surface area contributed by atoms with E-state index >= 15 is 0 Å². The Bertz CT molecular complexity index is 1180. The van der Waals surface area contributed by atoms with Crippen LogP contribution in [0.15, 0.2) is 41.3 Å². The third-order valence-corrected chi connectivity index (χ3v) is 5.69. The van der Waals surface area contributed by atoms with E-state index in [0.717, 1.165) is 11.1 Å². The van der Waals surface area contributed by atoms with Crippen LogP contribution in [-0.4, -0.2) is 45.8 Å². The molecule has 8 nitrogen and oxygen atoms in total. The number of nitrogens with one attached hydrogen (secondary N) is 1. The number of carbonyl (C=O) groups excluding carboxylic acids is 3. The number of benzene rings is 1. The summed E-state index contributed by atoms with van der Waals surface area (Å²) < 4.78 is 20.3. The molecule has 0 fully saturated rings. The highest BCUT2D eigenvalue weighted by atomic mass is 19.1. The lowest BCUT2D eigenvalue weighted by atomic mass is 9.84. The number of halogens is 1. The van der Waals surface area contributed by atoms with Crippen LogP contribution in [-0.2, 0) is 31.1 Å². The molecule has 2 atom stereocenters. The van der Waals surface area contributed by atoms with Gasteiger partial charge in [-0.1, -0.05) is 52.0 Å². The second-order valence-electron chi connectivity index (χ2n) is 11.1. The first-order valence-corrected chi connectivity index (χ1v) is 12.4. The molecule has 1 aromatic carbocycles. The van der Waals surface area contributed by atoms with Gasteiger partial charge in [-0.2, -0.15) is 5.10 Å². The molecule has 9 heteroatoms. The van der Waals surface area contributed by atoms with Gasteiger partial charge in [0.05, 0.1) is 6.54 Å². The van der Waals surface area contributed by atoms with Crippen molar-refractivity contribution >= 4 is 17.7 Å². The van der Waals surface area contributed by atoms with Gasteiger partial charge >= 0.3 is 5.97 Å². The highest BCUT2D eigenvalue weighted by molar-refractivity contribution is 5.96. The first-order chi connectivity index (χ1) is 17.2. The second-order valence-corrected chi connectivity index (χ2v) is 11.1. The first-order valence-electron chi connectivity index (χ1n) is 12.4. The number of amides is 1. The number of esters is 1. The van der Waals surface area contributed by atoms with Crippen LogP contribution in [0.1, 0.15) is 83.9 Å². The Kier molecular flexibility index (Phi) is 9.89. The largest absolute Gasteiger partial charge is 0.459 e. The second kappa shape index (κ2) is 12.3. The molecule has 37 heavy (non-hydrogen) atoms. The Morgan fingerprint density at radius 1 is 1.08 bits per heavy atom. The molecule has 2 aromatic rings. The highest BCUT2D eigenvalue weighted by Crippen LogP contribution is 2.27. The molecule has 2 rings (SSSR count). The minimum Gasteiger partial charge on any atom is -0.459 e. The molecule has 1 amide bonds. The maximum Gasteiger partial charge on any atom is 0.316 e. The molecule has 0 aliphatic carbocycles. The van der Waals surface area contributed by atoms with Gasteiger partial charge in [0.25, 0.3) is 5.56 Å². The zero-order valence-corrected chi connectivity index (χ0v) is 22.8. The van der Waals surface area contributed by atoms with Crippen molar-refractivity contribution in [2.75, 3.05) is 6.67 Å². The van der Waals surface area contributed by atoms with Crippen molar-refractivity contribution in [2.24, 2.45) is 0 Å². The van der Waals surface area contributed by atoms with Crippen LogP contribution in [0.3, 0.4) is 0 Å². The summed E-state index contributed by atoms with van der Waals surface area (Å²) in [5.41, 5.74) is -0.00842. The maximum atomic E-state index is 13.6. The number of nitrogens with zero attached hydrogens (tertiary/aromatic N) is 2. The topological polar surface area (TPSA) is 107 Å². The number of hydrogen-bond donors (Lipinski definition) is 1. The fraction of sp³-hybridized carbons (Fsp3) is 0.536. The van der Waals surface area contributed by atoms with E-state index in [2.05, 4.69) is 31.2 Å². The summed E-state index contributed by atoms with van der Waals surface area (Å²) in [6.07, 6.45) is 1.90. The number of ketones is 1. The van der Waals surface area contributed by atoms with Crippen molar-refractivity contribution in [2.45, 2.75) is 90.8 Å². The predicted octanol–water partition coefficient (Wildman–Crippen LogP) is 3.84. The van der Waals surface area contributed by atoms with Crippen molar-refractivity contribution in [3.8, 4) is 0 Å². The fourth-order valence-electron chi connectivity index (χ4n) is 4.08. The third kappa shape index (κ3) is 8.06. The molecule has 1 heterocycles. The Morgan fingerprint density at radius 2 is 1.73 bits per heavy atom. The van der Waals surface area contributed by atoms with Gasteiger partial charge in [-0.15, -0.1) is 0 Å². The molecule has 1 N–H and O–H groups in total. The van der Waals surface area contributed by atoms with Crippen LogP contribution in [0.25, 0.3) is 0 Å². The number of rotatable bonds is 10.